The summed E-state index contributed by atoms with van der Waals surface area (Å²) in [7, 11) is 1.71. The van der Waals surface area contributed by atoms with Crippen LogP contribution in [-0.2, 0) is 23.0 Å². The molecule has 1 N–H and O–H groups in total. The van der Waals surface area contributed by atoms with Crippen LogP contribution in [0.5, 0.6) is 5.75 Å². The van der Waals surface area contributed by atoms with E-state index in [0.717, 1.165) is 44.2 Å². The molecule has 0 atom stereocenters. The molecule has 8 nitrogen and oxygen atoms in total. The van der Waals surface area contributed by atoms with Gasteiger partial charge in [0.2, 0.25) is 0 Å². The standard InChI is InChI=1S/C20H25N3O5/c1-22-14-16(20(21-22)17(24)13-19(25)26)12-15-4-2-3-5-18(15)28-11-8-23-6-9-27-10-7-23/h2-5,14H,6-13H2,1H3,(H,25,26). The normalized spacial score (nSPS) is 14.8. The highest BCUT2D eigenvalue weighted by Gasteiger charge is 2.20. The zero-order valence-electron chi connectivity index (χ0n) is 16.0. The summed E-state index contributed by atoms with van der Waals surface area (Å²) in [6.45, 7) is 4.72. The van der Waals surface area contributed by atoms with E-state index in [4.69, 9.17) is 14.6 Å². The van der Waals surface area contributed by atoms with Crippen molar-refractivity contribution in [2.24, 2.45) is 7.05 Å². The predicted molar refractivity (Wildman–Crippen MR) is 102 cm³/mol. The van der Waals surface area contributed by atoms with Crippen LogP contribution < -0.4 is 4.74 Å². The molecule has 150 valence electrons. The van der Waals surface area contributed by atoms with E-state index in [9.17, 15) is 9.59 Å². The lowest BCUT2D eigenvalue weighted by atomic mass is 10.0. The van der Waals surface area contributed by atoms with Gasteiger partial charge in [0.1, 0.15) is 24.5 Å². The van der Waals surface area contributed by atoms with Gasteiger partial charge in [0.25, 0.3) is 0 Å². The molecule has 0 aliphatic carbocycles. The van der Waals surface area contributed by atoms with Crippen LogP contribution in [0.4, 0.5) is 0 Å². The van der Waals surface area contributed by atoms with Crippen LogP contribution in [0.1, 0.15) is 28.0 Å². The summed E-state index contributed by atoms with van der Waals surface area (Å²) in [5.74, 6) is -0.890. The second-order valence-electron chi connectivity index (χ2n) is 6.76. The summed E-state index contributed by atoms with van der Waals surface area (Å²) in [6.07, 6.45) is 1.63. The lowest BCUT2D eigenvalue weighted by Gasteiger charge is -2.26. The molecule has 3 rings (SSSR count). The molecule has 28 heavy (non-hydrogen) atoms. The first-order chi connectivity index (χ1) is 13.5. The van der Waals surface area contributed by atoms with Crippen molar-refractivity contribution in [1.82, 2.24) is 14.7 Å². The van der Waals surface area contributed by atoms with Gasteiger partial charge in [-0.05, 0) is 11.6 Å². The number of carbonyl (C=O) groups excluding carboxylic acids is 1. The third-order valence-corrected chi connectivity index (χ3v) is 4.60. The summed E-state index contributed by atoms with van der Waals surface area (Å²) in [6, 6.07) is 7.68. The highest BCUT2D eigenvalue weighted by Crippen LogP contribution is 2.23. The SMILES string of the molecule is Cn1cc(Cc2ccccc2OCCN2CCOCC2)c(C(=O)CC(=O)O)n1. The van der Waals surface area contributed by atoms with Gasteiger partial charge in [-0.2, -0.15) is 5.10 Å². The number of hydrogen-bond acceptors (Lipinski definition) is 6. The molecule has 1 aromatic heterocycles. The quantitative estimate of drug-likeness (QED) is 0.513. The van der Waals surface area contributed by atoms with Crippen LogP contribution in [0.25, 0.3) is 0 Å². The molecule has 8 heteroatoms. The first-order valence-corrected chi connectivity index (χ1v) is 9.31. The van der Waals surface area contributed by atoms with Gasteiger partial charge in [0, 0.05) is 44.9 Å². The number of aliphatic carboxylic acids is 1. The lowest BCUT2D eigenvalue weighted by Crippen LogP contribution is -2.38. The molecule has 0 spiro atoms. The molecule has 0 bridgehead atoms. The van der Waals surface area contributed by atoms with E-state index in [-0.39, 0.29) is 5.69 Å². The minimum atomic E-state index is -1.16. The van der Waals surface area contributed by atoms with E-state index in [1.54, 1.807) is 13.2 Å². The second kappa shape index (κ2) is 9.48. The molecule has 2 heterocycles. The van der Waals surface area contributed by atoms with E-state index in [1.165, 1.54) is 4.68 Å². The van der Waals surface area contributed by atoms with Crippen LogP contribution >= 0.6 is 0 Å². The number of para-hydroxylation sites is 1. The van der Waals surface area contributed by atoms with Crippen LogP contribution in [0.2, 0.25) is 0 Å². The Bertz CT molecular complexity index is 827. The first-order valence-electron chi connectivity index (χ1n) is 9.31. The molecule has 0 unspecified atom stereocenters. The number of carboxylic acids is 1. The molecule has 1 fully saturated rings. The maximum atomic E-state index is 12.2. The molecular weight excluding hydrogens is 362 g/mol. The van der Waals surface area contributed by atoms with Crippen molar-refractivity contribution in [3.8, 4) is 5.75 Å². The van der Waals surface area contributed by atoms with E-state index >= 15 is 0 Å². The molecule has 1 aliphatic rings. The zero-order chi connectivity index (χ0) is 19.9. The summed E-state index contributed by atoms with van der Waals surface area (Å²) < 4.78 is 12.9. The van der Waals surface area contributed by atoms with Crippen molar-refractivity contribution in [3.63, 3.8) is 0 Å². The highest BCUT2D eigenvalue weighted by atomic mass is 16.5. The van der Waals surface area contributed by atoms with E-state index in [1.807, 2.05) is 24.3 Å². The van der Waals surface area contributed by atoms with E-state index in [0.29, 0.717) is 18.6 Å². The number of Topliss-reactive ketones (excluding diaryl/α,β-unsaturated/α-hetero) is 1. The van der Waals surface area contributed by atoms with Gasteiger partial charge in [0.05, 0.1) is 13.2 Å². The van der Waals surface area contributed by atoms with Crippen molar-refractivity contribution in [2.45, 2.75) is 12.8 Å². The number of aromatic nitrogens is 2. The maximum absolute atomic E-state index is 12.2. The average molecular weight is 387 g/mol. The first kappa shape index (κ1) is 20.0. The Morgan fingerprint density at radius 2 is 1.96 bits per heavy atom. The molecule has 1 saturated heterocycles. The topological polar surface area (TPSA) is 93.9 Å². The predicted octanol–water partition coefficient (Wildman–Crippen LogP) is 1.38. The van der Waals surface area contributed by atoms with E-state index < -0.39 is 18.2 Å². The monoisotopic (exact) mass is 387 g/mol. The van der Waals surface area contributed by atoms with Crippen molar-refractivity contribution in [1.29, 1.82) is 0 Å². The van der Waals surface area contributed by atoms with Crippen LogP contribution in [0.15, 0.2) is 30.5 Å². The largest absolute Gasteiger partial charge is 0.492 e. The fraction of sp³-hybridized carbons (Fsp3) is 0.450. The fourth-order valence-electron chi connectivity index (χ4n) is 3.23. The maximum Gasteiger partial charge on any atom is 0.311 e. The zero-order valence-corrected chi connectivity index (χ0v) is 16.0. The number of aryl methyl sites for hydroxylation is 1. The number of nitrogens with zero attached hydrogens (tertiary/aromatic N) is 3. The molecule has 1 aliphatic heterocycles. The van der Waals surface area contributed by atoms with Crippen molar-refractivity contribution in [2.75, 3.05) is 39.5 Å². The molecular formula is C20H25N3O5. The third-order valence-electron chi connectivity index (χ3n) is 4.60. The van der Waals surface area contributed by atoms with Gasteiger partial charge in [-0.25, -0.2) is 0 Å². The molecule has 1 aromatic carbocycles. The minimum Gasteiger partial charge on any atom is -0.492 e. The lowest BCUT2D eigenvalue weighted by molar-refractivity contribution is -0.135. The number of hydrogen-bond donors (Lipinski definition) is 1. The van der Waals surface area contributed by atoms with Gasteiger partial charge in [0.15, 0.2) is 5.78 Å². The molecule has 0 saturated carbocycles. The Balaban J connectivity index is 1.68. The number of morpholine rings is 1. The number of ketones is 1. The fourth-order valence-corrected chi connectivity index (χ4v) is 3.23. The van der Waals surface area contributed by atoms with Crippen LogP contribution in [0, 0.1) is 0 Å². The van der Waals surface area contributed by atoms with Gasteiger partial charge in [-0.15, -0.1) is 0 Å². The number of carbonyl (C=O) groups is 2. The third kappa shape index (κ3) is 5.40. The number of rotatable bonds is 9. The molecule has 2 aromatic rings. The van der Waals surface area contributed by atoms with Gasteiger partial charge >= 0.3 is 5.97 Å². The van der Waals surface area contributed by atoms with Crippen LogP contribution in [-0.4, -0.2) is 71.0 Å². The summed E-state index contributed by atoms with van der Waals surface area (Å²) in [4.78, 5) is 25.4. The van der Waals surface area contributed by atoms with Crippen LogP contribution in [0.3, 0.4) is 0 Å². The average Bonchev–Trinajstić information content (AvgIpc) is 3.04. The minimum absolute atomic E-state index is 0.202. The Morgan fingerprint density at radius 3 is 2.71 bits per heavy atom. The molecule has 0 radical (unpaired) electrons. The Morgan fingerprint density at radius 1 is 1.21 bits per heavy atom. The highest BCUT2D eigenvalue weighted by molar-refractivity contribution is 6.05. The number of ether oxygens (including phenoxy) is 2. The van der Waals surface area contributed by atoms with Gasteiger partial charge < -0.3 is 14.6 Å². The number of carboxylic acid groups (broad SMARTS) is 1. The summed E-state index contributed by atoms with van der Waals surface area (Å²) in [5, 5.41) is 13.1. The Hall–Kier alpha value is -2.71. The smallest absolute Gasteiger partial charge is 0.311 e. The summed E-state index contributed by atoms with van der Waals surface area (Å²) in [5.41, 5.74) is 1.83. The van der Waals surface area contributed by atoms with Crippen molar-refractivity contribution in [3.05, 3.63) is 47.3 Å². The summed E-state index contributed by atoms with van der Waals surface area (Å²) >= 11 is 0. The second-order valence-corrected chi connectivity index (χ2v) is 6.76. The van der Waals surface area contributed by atoms with Crippen molar-refractivity contribution >= 4 is 11.8 Å². The Labute approximate surface area is 163 Å². The molecule has 0 amide bonds. The number of benzene rings is 1. The van der Waals surface area contributed by atoms with Gasteiger partial charge in [-0.1, -0.05) is 18.2 Å². The van der Waals surface area contributed by atoms with E-state index in [2.05, 4.69) is 10.00 Å². The Kier molecular flexibility index (Phi) is 6.78. The van der Waals surface area contributed by atoms with Gasteiger partial charge in [-0.3, -0.25) is 19.2 Å². The van der Waals surface area contributed by atoms with Crippen molar-refractivity contribution < 1.29 is 24.2 Å².